The van der Waals surface area contributed by atoms with E-state index in [0.717, 1.165) is 12.3 Å². The largest absolute Gasteiger partial charge is 0.281 e. The molecule has 1 heteroatoms. The molecule has 0 unspecified atom stereocenters. The number of hydrogen-bond donors (Lipinski definition) is 0. The molecule has 64 valence electrons. The first-order valence-electron chi connectivity index (χ1n) is 4.40. The molecule has 0 aliphatic carbocycles. The molecule has 0 amide bonds. The Morgan fingerprint density at radius 2 is 1.85 bits per heavy atom. The van der Waals surface area contributed by atoms with Crippen LogP contribution in [0.5, 0.6) is 0 Å². The van der Waals surface area contributed by atoms with Gasteiger partial charge in [0.2, 0.25) is 0 Å². The van der Waals surface area contributed by atoms with E-state index in [9.17, 15) is 0 Å². The number of aliphatic imine (C=N–C) groups is 1. The van der Waals surface area contributed by atoms with Gasteiger partial charge in [-0.1, -0.05) is 48.6 Å². The second-order valence-corrected chi connectivity index (χ2v) is 2.88. The molecule has 0 radical (unpaired) electrons. The summed E-state index contributed by atoms with van der Waals surface area (Å²) in [5.74, 6) is 0. The van der Waals surface area contributed by atoms with E-state index in [0.29, 0.717) is 0 Å². The van der Waals surface area contributed by atoms with Crippen molar-refractivity contribution in [2.75, 3.05) is 6.54 Å². The van der Waals surface area contributed by atoms with Gasteiger partial charge in [-0.25, -0.2) is 0 Å². The molecule has 0 N–H and O–H groups in total. The van der Waals surface area contributed by atoms with Gasteiger partial charge in [-0.3, -0.25) is 4.99 Å². The molecule has 1 aliphatic heterocycles. The van der Waals surface area contributed by atoms with Crippen LogP contribution in [0.25, 0.3) is 0 Å². The third-order valence-electron chi connectivity index (χ3n) is 1.94. The molecule has 0 bridgehead atoms. The van der Waals surface area contributed by atoms with Gasteiger partial charge in [-0.15, -0.1) is 0 Å². The molecule has 1 heterocycles. The van der Waals surface area contributed by atoms with E-state index < -0.39 is 0 Å². The van der Waals surface area contributed by atoms with Crippen LogP contribution in [0.1, 0.15) is 5.56 Å². The van der Waals surface area contributed by atoms with Crippen LogP contribution in [0, 0.1) is 0 Å². The van der Waals surface area contributed by atoms with Gasteiger partial charge in [-0.05, 0) is 11.6 Å². The molecule has 1 aromatic carbocycles. The van der Waals surface area contributed by atoms with E-state index in [1.54, 1.807) is 0 Å². The Labute approximate surface area is 78.1 Å². The van der Waals surface area contributed by atoms with Crippen LogP contribution in [0.4, 0.5) is 0 Å². The highest BCUT2D eigenvalue weighted by atomic mass is 14.7. The lowest BCUT2D eigenvalue weighted by Crippen LogP contribution is -1.95. The Kier molecular flexibility index (Phi) is 2.37. The van der Waals surface area contributed by atoms with Crippen LogP contribution in [-0.2, 0) is 0 Å². The average molecular weight is 169 g/mol. The number of hydrogen-bond acceptors (Lipinski definition) is 1. The Morgan fingerprint density at radius 1 is 1.00 bits per heavy atom. The molecule has 0 saturated carbocycles. The van der Waals surface area contributed by atoms with Gasteiger partial charge in [0.1, 0.15) is 0 Å². The lowest BCUT2D eigenvalue weighted by atomic mass is 10.1. The first kappa shape index (κ1) is 7.99. The van der Waals surface area contributed by atoms with Crippen molar-refractivity contribution in [2.24, 2.45) is 4.99 Å². The number of benzene rings is 1. The zero-order valence-electron chi connectivity index (χ0n) is 7.35. The lowest BCUT2D eigenvalue weighted by Gasteiger charge is -1.98. The molecule has 2 rings (SSSR count). The van der Waals surface area contributed by atoms with Gasteiger partial charge in [0.05, 0.1) is 12.3 Å². The molecule has 13 heavy (non-hydrogen) atoms. The lowest BCUT2D eigenvalue weighted by molar-refractivity contribution is 1.25. The highest BCUT2D eigenvalue weighted by Gasteiger charge is 1.97. The molecule has 0 atom stereocenters. The summed E-state index contributed by atoms with van der Waals surface area (Å²) in [6.07, 6.45) is 8.14. The van der Waals surface area contributed by atoms with Crippen molar-refractivity contribution in [3.63, 3.8) is 0 Å². The molecular formula is C12H11N. The Morgan fingerprint density at radius 3 is 2.69 bits per heavy atom. The van der Waals surface area contributed by atoms with Crippen LogP contribution in [0.15, 0.2) is 59.6 Å². The number of rotatable bonds is 1. The normalized spacial score (nSPS) is 15.2. The third kappa shape index (κ3) is 1.94. The predicted octanol–water partition coefficient (Wildman–Crippen LogP) is 2.60. The minimum Gasteiger partial charge on any atom is -0.281 e. The van der Waals surface area contributed by atoms with E-state index in [4.69, 9.17) is 0 Å². The van der Waals surface area contributed by atoms with Crippen LogP contribution in [0.2, 0.25) is 0 Å². The van der Waals surface area contributed by atoms with Crippen molar-refractivity contribution in [3.8, 4) is 0 Å². The Bertz CT molecular complexity index is 358. The van der Waals surface area contributed by atoms with E-state index in [1.807, 2.05) is 42.5 Å². The molecule has 0 fully saturated rings. The van der Waals surface area contributed by atoms with Crippen molar-refractivity contribution in [2.45, 2.75) is 0 Å². The van der Waals surface area contributed by atoms with Gasteiger partial charge in [-0.2, -0.15) is 0 Å². The highest BCUT2D eigenvalue weighted by Crippen LogP contribution is 2.04. The molecule has 1 aliphatic rings. The van der Waals surface area contributed by atoms with Gasteiger partial charge in [0.25, 0.3) is 0 Å². The zero-order valence-corrected chi connectivity index (χ0v) is 7.35. The second kappa shape index (κ2) is 3.85. The number of allylic oxidation sites excluding steroid dienone is 3. The van der Waals surface area contributed by atoms with Crippen LogP contribution < -0.4 is 0 Å². The molecule has 1 nitrogen and oxygen atoms in total. The SMILES string of the molecule is C1=CCN=C(c2ccccc2)C=C1. The smallest absolute Gasteiger partial charge is 0.0650 e. The minimum absolute atomic E-state index is 0.775. The fourth-order valence-electron chi connectivity index (χ4n) is 1.29. The summed E-state index contributed by atoms with van der Waals surface area (Å²) in [4.78, 5) is 4.44. The molecule has 0 saturated heterocycles. The Balaban J connectivity index is 2.32. The van der Waals surface area contributed by atoms with E-state index in [1.165, 1.54) is 5.56 Å². The van der Waals surface area contributed by atoms with Gasteiger partial charge >= 0.3 is 0 Å². The summed E-state index contributed by atoms with van der Waals surface area (Å²) < 4.78 is 0. The standard InChI is InChI=1S/C12H11N/c1-3-7-11(8-4-1)12-9-5-2-6-10-13-12/h1-9H,10H2. The minimum atomic E-state index is 0.775. The van der Waals surface area contributed by atoms with Gasteiger partial charge in [0.15, 0.2) is 0 Å². The topological polar surface area (TPSA) is 12.4 Å². The second-order valence-electron chi connectivity index (χ2n) is 2.88. The van der Waals surface area contributed by atoms with Crippen molar-refractivity contribution in [1.82, 2.24) is 0 Å². The zero-order chi connectivity index (χ0) is 8.93. The number of nitrogens with zero attached hydrogens (tertiary/aromatic N) is 1. The fourth-order valence-corrected chi connectivity index (χ4v) is 1.29. The van der Waals surface area contributed by atoms with Crippen LogP contribution in [0.3, 0.4) is 0 Å². The monoisotopic (exact) mass is 169 g/mol. The van der Waals surface area contributed by atoms with E-state index in [-0.39, 0.29) is 0 Å². The van der Waals surface area contributed by atoms with Crippen LogP contribution in [-0.4, -0.2) is 12.3 Å². The van der Waals surface area contributed by atoms with Crippen molar-refractivity contribution in [1.29, 1.82) is 0 Å². The average Bonchev–Trinajstić information content (AvgIpc) is 2.47. The summed E-state index contributed by atoms with van der Waals surface area (Å²) in [6, 6.07) is 10.2. The summed E-state index contributed by atoms with van der Waals surface area (Å²) in [7, 11) is 0. The summed E-state index contributed by atoms with van der Waals surface area (Å²) in [5, 5.41) is 0. The fraction of sp³-hybridized carbons (Fsp3) is 0.0833. The van der Waals surface area contributed by atoms with Gasteiger partial charge < -0.3 is 0 Å². The van der Waals surface area contributed by atoms with Crippen molar-refractivity contribution >= 4 is 5.71 Å². The van der Waals surface area contributed by atoms with Crippen molar-refractivity contribution in [3.05, 3.63) is 60.2 Å². The molecule has 0 spiro atoms. The van der Waals surface area contributed by atoms with Crippen molar-refractivity contribution < 1.29 is 0 Å². The molecule has 0 aromatic heterocycles. The molecular weight excluding hydrogens is 158 g/mol. The third-order valence-corrected chi connectivity index (χ3v) is 1.94. The van der Waals surface area contributed by atoms with Crippen LogP contribution >= 0.6 is 0 Å². The highest BCUT2D eigenvalue weighted by molar-refractivity contribution is 6.09. The maximum Gasteiger partial charge on any atom is 0.0650 e. The maximum absolute atomic E-state index is 4.44. The summed E-state index contributed by atoms with van der Waals surface area (Å²) in [6.45, 7) is 0.775. The van der Waals surface area contributed by atoms with E-state index in [2.05, 4.69) is 17.1 Å². The Hall–Kier alpha value is -1.63. The summed E-state index contributed by atoms with van der Waals surface area (Å²) in [5.41, 5.74) is 2.24. The summed E-state index contributed by atoms with van der Waals surface area (Å²) >= 11 is 0. The quantitative estimate of drug-likeness (QED) is 0.612. The first-order chi connectivity index (χ1) is 6.47. The van der Waals surface area contributed by atoms with Gasteiger partial charge in [0, 0.05) is 0 Å². The molecule has 1 aromatic rings. The van der Waals surface area contributed by atoms with E-state index >= 15 is 0 Å². The maximum atomic E-state index is 4.44. The predicted molar refractivity (Wildman–Crippen MR) is 56.1 cm³/mol. The first-order valence-corrected chi connectivity index (χ1v) is 4.40.